The van der Waals surface area contributed by atoms with Crippen molar-refractivity contribution in [2.45, 2.75) is 77.7 Å². The Morgan fingerprint density at radius 3 is 2.46 bits per heavy atom. The molecule has 6 rings (SSSR count). The SMILES string of the molecule is CC1(C)CC(=O)n2c(c(-c3ccc(C(N)=O)c(NC4CCCCC4)c3)c3ccc(F)cc32)C1.OCCN1CCCC1. The first-order chi connectivity index (χ1) is 19.7. The van der Waals surface area contributed by atoms with Crippen LogP contribution in [0.25, 0.3) is 22.0 Å². The maximum absolute atomic E-state index is 14.2. The van der Waals surface area contributed by atoms with Crippen molar-refractivity contribution in [2.75, 3.05) is 31.6 Å². The van der Waals surface area contributed by atoms with Gasteiger partial charge >= 0.3 is 0 Å². The number of rotatable bonds is 6. The van der Waals surface area contributed by atoms with Crippen molar-refractivity contribution >= 4 is 28.4 Å². The summed E-state index contributed by atoms with van der Waals surface area (Å²) in [5, 5.41) is 12.9. The van der Waals surface area contributed by atoms with Crippen LogP contribution in [0.5, 0.6) is 0 Å². The van der Waals surface area contributed by atoms with Gasteiger partial charge in [0.05, 0.1) is 17.7 Å². The molecule has 2 fully saturated rings. The quantitative estimate of drug-likeness (QED) is 0.343. The van der Waals surface area contributed by atoms with Crippen molar-refractivity contribution in [3.05, 3.63) is 53.5 Å². The van der Waals surface area contributed by atoms with Crippen LogP contribution < -0.4 is 11.1 Å². The number of hydrogen-bond donors (Lipinski definition) is 3. The van der Waals surface area contributed by atoms with E-state index >= 15 is 0 Å². The Hall–Kier alpha value is -3.23. The van der Waals surface area contributed by atoms with Crippen LogP contribution in [0.15, 0.2) is 36.4 Å². The van der Waals surface area contributed by atoms with Gasteiger partial charge in [0.25, 0.3) is 5.91 Å². The van der Waals surface area contributed by atoms with Gasteiger partial charge < -0.3 is 21.1 Å². The number of carbonyl (C=O) groups is 2. The van der Waals surface area contributed by atoms with Crippen LogP contribution in [0, 0.1) is 11.2 Å². The number of fused-ring (bicyclic) bond motifs is 3. The molecule has 0 spiro atoms. The molecular weight excluding hydrogens is 519 g/mol. The molecule has 0 radical (unpaired) electrons. The number of anilines is 1. The molecule has 8 heteroatoms. The number of nitrogens with one attached hydrogen (secondary N) is 1. The smallest absolute Gasteiger partial charge is 0.250 e. The molecule has 7 nitrogen and oxygen atoms in total. The van der Waals surface area contributed by atoms with E-state index in [2.05, 4.69) is 24.1 Å². The zero-order valence-electron chi connectivity index (χ0n) is 24.3. The maximum atomic E-state index is 14.2. The minimum Gasteiger partial charge on any atom is -0.395 e. The zero-order valence-corrected chi connectivity index (χ0v) is 24.3. The third-order valence-corrected chi connectivity index (χ3v) is 8.71. The van der Waals surface area contributed by atoms with E-state index in [1.807, 2.05) is 12.1 Å². The monoisotopic (exact) mass is 562 g/mol. The first-order valence-corrected chi connectivity index (χ1v) is 15.1. The molecule has 3 aliphatic rings. The second kappa shape index (κ2) is 12.3. The van der Waals surface area contributed by atoms with E-state index in [1.54, 1.807) is 16.7 Å². The number of halogens is 1. The lowest BCUT2D eigenvalue weighted by molar-refractivity contribution is 0.0816. The normalized spacial score (nSPS) is 19.1. The highest BCUT2D eigenvalue weighted by Gasteiger charge is 2.35. The van der Waals surface area contributed by atoms with Gasteiger partial charge in [0.15, 0.2) is 0 Å². The van der Waals surface area contributed by atoms with E-state index in [0.29, 0.717) is 36.6 Å². The molecule has 0 bridgehead atoms. The van der Waals surface area contributed by atoms with Gasteiger partial charge in [0.1, 0.15) is 5.82 Å². The summed E-state index contributed by atoms with van der Waals surface area (Å²) in [6.07, 6.45) is 9.46. The highest BCUT2D eigenvalue weighted by Crippen LogP contribution is 2.43. The fraction of sp³-hybridized carbons (Fsp3) is 0.515. The lowest BCUT2D eigenvalue weighted by Crippen LogP contribution is -2.31. The number of β-amino-alcohol motifs (C(OH)–C–C–N with tert-alkyl or cyclic N) is 1. The number of aliphatic hydroxyl groups is 1. The predicted octanol–water partition coefficient (Wildman–Crippen LogP) is 5.98. The third kappa shape index (κ3) is 6.49. The van der Waals surface area contributed by atoms with E-state index in [0.717, 1.165) is 47.3 Å². The minimum atomic E-state index is -0.470. The van der Waals surface area contributed by atoms with Gasteiger partial charge in [0, 0.05) is 41.3 Å². The van der Waals surface area contributed by atoms with Gasteiger partial charge in [-0.1, -0.05) is 39.2 Å². The molecule has 4 N–H and O–H groups in total. The van der Waals surface area contributed by atoms with Crippen molar-refractivity contribution < 1.29 is 19.1 Å². The van der Waals surface area contributed by atoms with Crippen LogP contribution in [0.3, 0.4) is 0 Å². The van der Waals surface area contributed by atoms with Crippen molar-refractivity contribution in [3.8, 4) is 11.1 Å². The summed E-state index contributed by atoms with van der Waals surface area (Å²) < 4.78 is 15.9. The van der Waals surface area contributed by atoms with Crippen LogP contribution in [0.4, 0.5) is 10.1 Å². The van der Waals surface area contributed by atoms with Crippen LogP contribution in [0.1, 0.15) is 86.1 Å². The average molecular weight is 563 g/mol. The van der Waals surface area contributed by atoms with Gasteiger partial charge in [-0.15, -0.1) is 0 Å². The molecule has 1 saturated heterocycles. The molecule has 3 aromatic rings. The Morgan fingerprint density at radius 1 is 1.05 bits per heavy atom. The lowest BCUT2D eigenvalue weighted by Gasteiger charge is -2.30. The van der Waals surface area contributed by atoms with Gasteiger partial charge in [-0.2, -0.15) is 0 Å². The van der Waals surface area contributed by atoms with Crippen molar-refractivity contribution in [1.29, 1.82) is 0 Å². The van der Waals surface area contributed by atoms with E-state index in [4.69, 9.17) is 10.8 Å². The largest absolute Gasteiger partial charge is 0.395 e. The lowest BCUT2D eigenvalue weighted by atomic mass is 9.80. The summed E-state index contributed by atoms with van der Waals surface area (Å²) in [4.78, 5) is 27.6. The Balaban J connectivity index is 0.000000365. The number of nitrogens with two attached hydrogens (primary N) is 1. The van der Waals surface area contributed by atoms with Crippen LogP contribution in [-0.2, 0) is 6.42 Å². The summed E-state index contributed by atoms with van der Waals surface area (Å²) in [6.45, 7) is 7.76. The van der Waals surface area contributed by atoms with E-state index in [1.165, 1.54) is 57.3 Å². The first kappa shape index (κ1) is 29.3. The van der Waals surface area contributed by atoms with E-state index < -0.39 is 5.91 Å². The number of carbonyl (C=O) groups excluding carboxylic acids is 2. The molecule has 0 unspecified atom stereocenters. The van der Waals surface area contributed by atoms with E-state index in [9.17, 15) is 14.0 Å². The summed E-state index contributed by atoms with van der Waals surface area (Å²) in [6, 6.07) is 10.6. The average Bonchev–Trinajstić information content (AvgIpc) is 3.54. The fourth-order valence-corrected chi connectivity index (χ4v) is 6.74. The molecule has 1 aromatic heterocycles. The molecule has 3 heterocycles. The highest BCUT2D eigenvalue weighted by molar-refractivity contribution is 6.06. The van der Waals surface area contributed by atoms with Gasteiger partial charge in [0.2, 0.25) is 5.91 Å². The Kier molecular flexibility index (Phi) is 8.80. The number of nitrogens with zero attached hydrogens (tertiary/aromatic N) is 2. The molecule has 1 aliphatic carbocycles. The summed E-state index contributed by atoms with van der Waals surface area (Å²) >= 11 is 0. The molecule has 0 atom stereocenters. The number of aliphatic hydroxyl groups excluding tert-OH is 1. The highest BCUT2D eigenvalue weighted by atomic mass is 19.1. The Labute approximate surface area is 241 Å². The van der Waals surface area contributed by atoms with Crippen molar-refractivity contribution in [3.63, 3.8) is 0 Å². The van der Waals surface area contributed by atoms with Crippen LogP contribution in [-0.4, -0.2) is 58.7 Å². The van der Waals surface area contributed by atoms with Crippen LogP contribution in [0.2, 0.25) is 0 Å². The number of aromatic nitrogens is 1. The van der Waals surface area contributed by atoms with Crippen molar-refractivity contribution in [1.82, 2.24) is 9.47 Å². The first-order valence-electron chi connectivity index (χ1n) is 15.1. The Bertz CT molecular complexity index is 1420. The summed E-state index contributed by atoms with van der Waals surface area (Å²) in [7, 11) is 0. The second-order valence-corrected chi connectivity index (χ2v) is 12.6. The standard InChI is InChI=1S/C27H30FN3O2.C6H13NO/c1-27(2)14-23-25(20-11-9-17(28)13-22(20)31(23)24(32)15-27)16-8-10-19(26(29)33)21(12-16)30-18-6-4-3-5-7-18;8-6-5-7-3-1-2-4-7/h8-13,18,30H,3-7,14-15H2,1-2H3,(H2,29,33);8H,1-6H2. The van der Waals surface area contributed by atoms with Gasteiger partial charge in [-0.05, 0) is 86.5 Å². The predicted molar refractivity (Wildman–Crippen MR) is 162 cm³/mol. The molecule has 41 heavy (non-hydrogen) atoms. The number of hydrogen-bond acceptors (Lipinski definition) is 5. The third-order valence-electron chi connectivity index (χ3n) is 8.71. The number of likely N-dealkylation sites (tertiary alicyclic amines) is 1. The zero-order chi connectivity index (χ0) is 29.1. The molecule has 2 aromatic carbocycles. The van der Waals surface area contributed by atoms with Gasteiger partial charge in [-0.25, -0.2) is 4.39 Å². The molecular formula is C33H43FN4O3. The fourth-order valence-electron chi connectivity index (χ4n) is 6.74. The number of amides is 1. The second-order valence-electron chi connectivity index (χ2n) is 12.6. The molecule has 220 valence electrons. The molecule has 2 aliphatic heterocycles. The van der Waals surface area contributed by atoms with Crippen LogP contribution >= 0.6 is 0 Å². The summed E-state index contributed by atoms with van der Waals surface area (Å²) in [5.41, 5.74) is 10.0. The minimum absolute atomic E-state index is 0.0163. The van der Waals surface area contributed by atoms with E-state index in [-0.39, 0.29) is 17.1 Å². The topological polar surface area (TPSA) is 101 Å². The number of benzene rings is 2. The molecule has 1 amide bonds. The summed E-state index contributed by atoms with van der Waals surface area (Å²) in [5.74, 6) is -0.852. The Morgan fingerprint density at radius 2 is 1.78 bits per heavy atom. The maximum Gasteiger partial charge on any atom is 0.250 e. The number of primary amides is 1. The van der Waals surface area contributed by atoms with Gasteiger partial charge in [-0.3, -0.25) is 14.2 Å². The molecule has 1 saturated carbocycles. The van der Waals surface area contributed by atoms with Crippen molar-refractivity contribution in [2.24, 2.45) is 11.1 Å².